The Balaban J connectivity index is 1.81. The van der Waals surface area contributed by atoms with Crippen LogP contribution in [0.2, 0.25) is 0 Å². The van der Waals surface area contributed by atoms with Crippen LogP contribution in [-0.2, 0) is 9.53 Å². The molecule has 1 aliphatic heterocycles. The highest BCUT2D eigenvalue weighted by molar-refractivity contribution is 5.76. The molecule has 1 atom stereocenters. The quantitative estimate of drug-likeness (QED) is 0.842. The van der Waals surface area contributed by atoms with Crippen molar-refractivity contribution in [1.29, 1.82) is 0 Å². The molecule has 1 unspecified atom stereocenters. The molecule has 24 heavy (non-hydrogen) atoms. The van der Waals surface area contributed by atoms with Gasteiger partial charge >= 0.3 is 0 Å². The van der Waals surface area contributed by atoms with Crippen LogP contribution in [0.3, 0.4) is 0 Å². The minimum Gasteiger partial charge on any atom is -0.418 e. The summed E-state index contributed by atoms with van der Waals surface area (Å²) in [5.41, 5.74) is 0.891. The van der Waals surface area contributed by atoms with Gasteiger partial charge in [-0.1, -0.05) is 31.0 Å². The highest BCUT2D eigenvalue weighted by Gasteiger charge is 2.30. The number of hydrogen-bond donors (Lipinski definition) is 0. The van der Waals surface area contributed by atoms with E-state index in [9.17, 15) is 4.79 Å². The molecule has 1 aromatic heterocycles. The lowest BCUT2D eigenvalue weighted by molar-refractivity contribution is -0.135. The van der Waals surface area contributed by atoms with E-state index in [2.05, 4.69) is 10.2 Å². The number of aromatic nitrogens is 2. The number of amides is 1. The van der Waals surface area contributed by atoms with Crippen molar-refractivity contribution in [2.45, 2.75) is 38.1 Å². The molecule has 0 radical (unpaired) electrons. The van der Waals surface area contributed by atoms with E-state index in [1.165, 1.54) is 0 Å². The van der Waals surface area contributed by atoms with Crippen molar-refractivity contribution in [1.82, 2.24) is 15.1 Å². The second-order valence-corrected chi connectivity index (χ2v) is 6.01. The fourth-order valence-electron chi connectivity index (χ4n) is 3.06. The van der Waals surface area contributed by atoms with Crippen molar-refractivity contribution in [3.8, 4) is 11.5 Å². The molecule has 1 fully saturated rings. The first-order chi connectivity index (χ1) is 11.8. The fraction of sp³-hybridized carbons (Fsp3) is 0.500. The molecular formula is C18H23N3O3. The first kappa shape index (κ1) is 16.6. The van der Waals surface area contributed by atoms with Crippen molar-refractivity contribution < 1.29 is 13.9 Å². The fourth-order valence-corrected chi connectivity index (χ4v) is 3.06. The summed E-state index contributed by atoms with van der Waals surface area (Å²) in [5, 5.41) is 8.40. The summed E-state index contributed by atoms with van der Waals surface area (Å²) in [7, 11) is 1.61. The molecular weight excluding hydrogens is 306 g/mol. The maximum absolute atomic E-state index is 12.5. The number of ether oxygens (including phenoxy) is 1. The van der Waals surface area contributed by atoms with Gasteiger partial charge < -0.3 is 14.1 Å². The van der Waals surface area contributed by atoms with Crippen LogP contribution in [-0.4, -0.2) is 41.3 Å². The summed E-state index contributed by atoms with van der Waals surface area (Å²) in [5.74, 6) is 1.11. The van der Waals surface area contributed by atoms with Gasteiger partial charge in [-0.3, -0.25) is 4.79 Å². The minimum atomic E-state index is -0.137. The van der Waals surface area contributed by atoms with Crippen LogP contribution >= 0.6 is 0 Å². The number of carbonyl (C=O) groups excluding carboxylic acids is 1. The molecule has 0 bridgehead atoms. The summed E-state index contributed by atoms with van der Waals surface area (Å²) < 4.78 is 10.9. The van der Waals surface area contributed by atoms with Gasteiger partial charge in [-0.15, -0.1) is 10.2 Å². The van der Waals surface area contributed by atoms with Gasteiger partial charge in [-0.2, -0.15) is 0 Å². The number of rotatable bonds is 5. The van der Waals surface area contributed by atoms with Gasteiger partial charge in [-0.05, 0) is 25.0 Å². The van der Waals surface area contributed by atoms with Gasteiger partial charge in [-0.25, -0.2) is 0 Å². The van der Waals surface area contributed by atoms with Crippen molar-refractivity contribution in [3.05, 3.63) is 36.2 Å². The van der Waals surface area contributed by atoms with Gasteiger partial charge in [0.25, 0.3) is 0 Å². The van der Waals surface area contributed by atoms with Crippen LogP contribution in [0.4, 0.5) is 0 Å². The predicted molar refractivity (Wildman–Crippen MR) is 89.1 cm³/mol. The number of methoxy groups -OCH3 is 1. The van der Waals surface area contributed by atoms with Gasteiger partial charge in [0.15, 0.2) is 0 Å². The largest absolute Gasteiger partial charge is 0.418 e. The third-order valence-electron chi connectivity index (χ3n) is 4.34. The van der Waals surface area contributed by atoms with E-state index in [1.807, 2.05) is 35.2 Å². The molecule has 0 saturated carbocycles. The topological polar surface area (TPSA) is 68.5 Å². The number of likely N-dealkylation sites (tertiary alicyclic amines) is 1. The summed E-state index contributed by atoms with van der Waals surface area (Å²) in [6.45, 7) is 1.16. The zero-order chi connectivity index (χ0) is 16.8. The molecule has 1 saturated heterocycles. The molecule has 1 aliphatic rings. The zero-order valence-electron chi connectivity index (χ0n) is 14.0. The summed E-state index contributed by atoms with van der Waals surface area (Å²) in [6, 6.07) is 9.55. The third kappa shape index (κ3) is 3.82. The molecule has 6 heteroatoms. The molecule has 1 amide bonds. The van der Waals surface area contributed by atoms with Crippen LogP contribution in [0.1, 0.15) is 44.0 Å². The Morgan fingerprint density at radius 1 is 1.25 bits per heavy atom. The summed E-state index contributed by atoms with van der Waals surface area (Å²) in [6.07, 6.45) is 4.42. The van der Waals surface area contributed by atoms with Crippen molar-refractivity contribution >= 4 is 5.91 Å². The van der Waals surface area contributed by atoms with Gasteiger partial charge in [0, 0.05) is 19.2 Å². The monoisotopic (exact) mass is 329 g/mol. The van der Waals surface area contributed by atoms with Gasteiger partial charge in [0.1, 0.15) is 6.04 Å². The zero-order valence-corrected chi connectivity index (χ0v) is 14.0. The number of carbonyl (C=O) groups is 1. The Hall–Kier alpha value is -2.21. The third-order valence-corrected chi connectivity index (χ3v) is 4.34. The predicted octanol–water partition coefficient (Wildman–Crippen LogP) is 3.22. The number of benzene rings is 1. The molecule has 3 rings (SSSR count). The van der Waals surface area contributed by atoms with E-state index in [-0.39, 0.29) is 11.9 Å². The lowest BCUT2D eigenvalue weighted by Gasteiger charge is -2.27. The van der Waals surface area contributed by atoms with Crippen LogP contribution in [0, 0.1) is 0 Å². The molecule has 0 spiro atoms. The minimum absolute atomic E-state index is 0.0863. The molecule has 128 valence electrons. The maximum atomic E-state index is 12.5. The van der Waals surface area contributed by atoms with Crippen LogP contribution in [0.25, 0.3) is 11.5 Å². The van der Waals surface area contributed by atoms with Gasteiger partial charge in [0.05, 0.1) is 13.0 Å². The number of nitrogens with zero attached hydrogens (tertiary/aromatic N) is 3. The lowest BCUT2D eigenvalue weighted by Crippen LogP contribution is -2.35. The Kier molecular flexibility index (Phi) is 5.59. The van der Waals surface area contributed by atoms with E-state index in [0.717, 1.165) is 37.8 Å². The van der Waals surface area contributed by atoms with Gasteiger partial charge in [0.2, 0.25) is 17.7 Å². The lowest BCUT2D eigenvalue weighted by atomic mass is 10.1. The Labute approximate surface area is 141 Å². The molecule has 6 nitrogen and oxygen atoms in total. The van der Waals surface area contributed by atoms with Crippen molar-refractivity contribution in [2.24, 2.45) is 0 Å². The second-order valence-electron chi connectivity index (χ2n) is 6.01. The molecule has 2 aromatic rings. The van der Waals surface area contributed by atoms with Crippen LogP contribution in [0.5, 0.6) is 0 Å². The first-order valence-corrected chi connectivity index (χ1v) is 8.47. The number of hydrogen-bond acceptors (Lipinski definition) is 5. The average Bonchev–Trinajstić information content (AvgIpc) is 2.98. The van der Waals surface area contributed by atoms with Crippen molar-refractivity contribution in [3.63, 3.8) is 0 Å². The highest BCUT2D eigenvalue weighted by atomic mass is 16.5. The first-order valence-electron chi connectivity index (χ1n) is 8.47. The summed E-state index contributed by atoms with van der Waals surface area (Å²) >= 11 is 0. The SMILES string of the molecule is COCCC(=O)N1CCCCCC1c1nnc(-c2ccccc2)o1. The molecule has 0 aliphatic carbocycles. The van der Waals surface area contributed by atoms with Crippen LogP contribution < -0.4 is 0 Å². The normalized spacial score (nSPS) is 18.4. The molecule has 1 aromatic carbocycles. The molecule has 2 heterocycles. The van der Waals surface area contributed by atoms with E-state index in [0.29, 0.717) is 24.8 Å². The standard InChI is InChI=1S/C18H23N3O3/c1-23-13-11-16(22)21-12-7-3-6-10-15(21)18-20-19-17(24-18)14-8-4-2-5-9-14/h2,4-5,8-9,15H,3,6-7,10-13H2,1H3. The van der Waals surface area contributed by atoms with Crippen molar-refractivity contribution in [2.75, 3.05) is 20.3 Å². The Bertz CT molecular complexity index is 657. The highest BCUT2D eigenvalue weighted by Crippen LogP contribution is 2.31. The Morgan fingerprint density at radius 3 is 2.88 bits per heavy atom. The van der Waals surface area contributed by atoms with E-state index in [4.69, 9.17) is 9.15 Å². The summed E-state index contributed by atoms with van der Waals surface area (Å²) in [4.78, 5) is 14.4. The molecule has 0 N–H and O–H groups in total. The Morgan fingerprint density at radius 2 is 2.08 bits per heavy atom. The van der Waals surface area contributed by atoms with E-state index >= 15 is 0 Å². The van der Waals surface area contributed by atoms with Crippen LogP contribution in [0.15, 0.2) is 34.7 Å². The smallest absolute Gasteiger partial charge is 0.247 e. The van der Waals surface area contributed by atoms with E-state index in [1.54, 1.807) is 7.11 Å². The maximum Gasteiger partial charge on any atom is 0.247 e. The average molecular weight is 329 g/mol. The second kappa shape index (κ2) is 8.06. The van der Waals surface area contributed by atoms with E-state index < -0.39 is 0 Å².